The van der Waals surface area contributed by atoms with Gasteiger partial charge in [-0.1, -0.05) is 13.3 Å². The molecular weight excluding hydrogens is 244 g/mol. The van der Waals surface area contributed by atoms with Crippen LogP contribution >= 0.6 is 0 Å². The lowest BCUT2D eigenvalue weighted by molar-refractivity contribution is 0.0696. The second kappa shape index (κ2) is 7.74. The number of hydrogen-bond donors (Lipinski definition) is 2. The molecule has 0 aromatic carbocycles. The van der Waals surface area contributed by atoms with E-state index >= 15 is 0 Å². The molecular formula is C14H22N2O3. The minimum absolute atomic E-state index is 0.235. The van der Waals surface area contributed by atoms with Gasteiger partial charge in [-0.3, -0.25) is 0 Å². The van der Waals surface area contributed by atoms with Crippen LogP contribution < -0.4 is 5.32 Å². The van der Waals surface area contributed by atoms with Gasteiger partial charge in [0.25, 0.3) is 0 Å². The number of unbranched alkanes of at least 4 members (excludes halogenated alkanes) is 1. The van der Waals surface area contributed by atoms with Gasteiger partial charge in [-0.05, 0) is 31.9 Å². The number of rotatable bonds is 8. The number of nitrogens with one attached hydrogen (secondary N) is 1. The summed E-state index contributed by atoms with van der Waals surface area (Å²) >= 11 is 0. The molecule has 106 valence electrons. The van der Waals surface area contributed by atoms with Gasteiger partial charge in [-0.2, -0.15) is 0 Å². The molecule has 1 heterocycles. The van der Waals surface area contributed by atoms with Crippen LogP contribution in [-0.4, -0.2) is 35.8 Å². The van der Waals surface area contributed by atoms with Crippen molar-refractivity contribution in [1.29, 1.82) is 0 Å². The Bertz CT molecular complexity index is 433. The van der Waals surface area contributed by atoms with E-state index in [0.29, 0.717) is 19.0 Å². The third-order valence-corrected chi connectivity index (χ3v) is 2.74. The van der Waals surface area contributed by atoms with Crippen LogP contribution in [0.3, 0.4) is 0 Å². The van der Waals surface area contributed by atoms with Gasteiger partial charge < -0.3 is 15.2 Å². The molecule has 0 spiro atoms. The molecule has 2 N–H and O–H groups in total. The van der Waals surface area contributed by atoms with Gasteiger partial charge in [-0.25, -0.2) is 9.78 Å². The zero-order valence-electron chi connectivity index (χ0n) is 11.8. The smallest absolute Gasteiger partial charge is 0.339 e. The number of aromatic carboxylic acids is 1. The molecule has 0 saturated heterocycles. The molecule has 0 bridgehead atoms. The van der Waals surface area contributed by atoms with Crippen LogP contribution in [0, 0.1) is 13.8 Å². The van der Waals surface area contributed by atoms with E-state index in [1.165, 1.54) is 0 Å². The number of hydrogen-bond acceptors (Lipinski definition) is 4. The zero-order valence-corrected chi connectivity index (χ0v) is 11.8. The lowest BCUT2D eigenvalue weighted by Gasteiger charge is -2.12. The van der Waals surface area contributed by atoms with Crippen LogP contribution in [0.15, 0.2) is 6.07 Å². The number of nitrogens with zero attached hydrogens (tertiary/aromatic N) is 1. The number of ether oxygens (including phenoxy) is 1. The Balaban J connectivity index is 2.59. The highest BCUT2D eigenvalue weighted by Crippen LogP contribution is 2.18. The van der Waals surface area contributed by atoms with Crippen molar-refractivity contribution in [2.75, 3.05) is 25.1 Å². The summed E-state index contributed by atoms with van der Waals surface area (Å²) in [7, 11) is 0. The zero-order chi connectivity index (χ0) is 14.3. The molecule has 0 atom stereocenters. The Kier molecular flexibility index (Phi) is 6.29. The summed E-state index contributed by atoms with van der Waals surface area (Å²) < 4.78 is 5.42. The van der Waals surface area contributed by atoms with Gasteiger partial charge in [0.1, 0.15) is 11.4 Å². The molecule has 5 nitrogen and oxygen atoms in total. The lowest BCUT2D eigenvalue weighted by atomic mass is 10.1. The number of pyridine rings is 1. The van der Waals surface area contributed by atoms with Gasteiger partial charge in [0, 0.05) is 18.8 Å². The van der Waals surface area contributed by atoms with Gasteiger partial charge in [0.2, 0.25) is 0 Å². The van der Waals surface area contributed by atoms with Gasteiger partial charge in [0.15, 0.2) is 0 Å². The summed E-state index contributed by atoms with van der Waals surface area (Å²) in [6.45, 7) is 7.58. The van der Waals surface area contributed by atoms with Crippen LogP contribution in [0.1, 0.15) is 41.4 Å². The van der Waals surface area contributed by atoms with E-state index in [4.69, 9.17) is 4.74 Å². The van der Waals surface area contributed by atoms with E-state index in [1.54, 1.807) is 13.0 Å². The van der Waals surface area contributed by atoms with Crippen molar-refractivity contribution in [3.63, 3.8) is 0 Å². The number of anilines is 1. The summed E-state index contributed by atoms with van der Waals surface area (Å²) in [4.78, 5) is 15.5. The van der Waals surface area contributed by atoms with Gasteiger partial charge in [-0.15, -0.1) is 0 Å². The van der Waals surface area contributed by atoms with E-state index in [1.807, 2.05) is 6.92 Å². The predicted octanol–water partition coefficient (Wildman–Crippen LogP) is 2.63. The van der Waals surface area contributed by atoms with Gasteiger partial charge in [0.05, 0.1) is 6.61 Å². The molecule has 0 unspecified atom stereocenters. The van der Waals surface area contributed by atoms with Crippen molar-refractivity contribution < 1.29 is 14.6 Å². The van der Waals surface area contributed by atoms with E-state index in [2.05, 4.69) is 17.2 Å². The molecule has 1 rings (SSSR count). The molecule has 1 aromatic rings. The molecule has 0 amide bonds. The average molecular weight is 266 g/mol. The first-order valence-electron chi connectivity index (χ1n) is 6.59. The van der Waals surface area contributed by atoms with E-state index in [9.17, 15) is 9.90 Å². The molecule has 5 heteroatoms. The third-order valence-electron chi connectivity index (χ3n) is 2.74. The summed E-state index contributed by atoms with van der Waals surface area (Å²) in [5.74, 6) is -0.538. The quantitative estimate of drug-likeness (QED) is 0.708. The SMILES string of the molecule is CCCCOCCNc1nc(C)cc(C)c1C(=O)O. The Hall–Kier alpha value is -1.62. The van der Waals surface area contributed by atoms with E-state index in [0.717, 1.165) is 30.7 Å². The standard InChI is InChI=1S/C14H22N2O3/c1-4-5-7-19-8-6-15-13-12(14(17)18)10(2)9-11(3)16-13/h9H,4-8H2,1-3H3,(H,15,16)(H,17,18). The minimum Gasteiger partial charge on any atom is -0.478 e. The molecule has 0 fully saturated rings. The average Bonchev–Trinajstić information content (AvgIpc) is 2.32. The molecule has 19 heavy (non-hydrogen) atoms. The van der Waals surface area contributed by atoms with E-state index in [-0.39, 0.29) is 5.56 Å². The molecule has 0 aliphatic rings. The normalized spacial score (nSPS) is 10.5. The number of carboxylic acids is 1. The molecule has 0 aliphatic heterocycles. The molecule has 0 saturated carbocycles. The Labute approximate surface area is 114 Å². The largest absolute Gasteiger partial charge is 0.478 e. The van der Waals surface area contributed by atoms with Crippen LogP contribution in [0.25, 0.3) is 0 Å². The fraction of sp³-hybridized carbons (Fsp3) is 0.571. The molecule has 1 aromatic heterocycles. The summed E-state index contributed by atoms with van der Waals surface area (Å²) in [5.41, 5.74) is 1.76. The molecule has 0 radical (unpaired) electrons. The highest BCUT2D eigenvalue weighted by atomic mass is 16.5. The van der Waals surface area contributed by atoms with E-state index < -0.39 is 5.97 Å². The first-order chi connectivity index (χ1) is 9.06. The Morgan fingerprint density at radius 2 is 2.16 bits per heavy atom. The fourth-order valence-electron chi connectivity index (χ4n) is 1.82. The van der Waals surface area contributed by atoms with Crippen molar-refractivity contribution in [2.24, 2.45) is 0 Å². The topological polar surface area (TPSA) is 71.5 Å². The van der Waals surface area contributed by atoms with Crippen LogP contribution in [0.2, 0.25) is 0 Å². The van der Waals surface area contributed by atoms with Crippen molar-refractivity contribution in [2.45, 2.75) is 33.6 Å². The highest BCUT2D eigenvalue weighted by Gasteiger charge is 2.15. The van der Waals surface area contributed by atoms with Crippen molar-refractivity contribution in [3.8, 4) is 0 Å². The number of carboxylic acid groups (broad SMARTS) is 1. The Morgan fingerprint density at radius 3 is 2.79 bits per heavy atom. The van der Waals surface area contributed by atoms with Crippen LogP contribution in [0.5, 0.6) is 0 Å². The van der Waals surface area contributed by atoms with Crippen molar-refractivity contribution in [1.82, 2.24) is 4.98 Å². The minimum atomic E-state index is -0.959. The monoisotopic (exact) mass is 266 g/mol. The van der Waals surface area contributed by atoms with Gasteiger partial charge >= 0.3 is 5.97 Å². The summed E-state index contributed by atoms with van der Waals surface area (Å²) in [6, 6.07) is 1.77. The maximum absolute atomic E-state index is 11.2. The second-order valence-corrected chi connectivity index (χ2v) is 4.50. The third kappa shape index (κ3) is 4.87. The predicted molar refractivity (Wildman–Crippen MR) is 74.9 cm³/mol. The fourth-order valence-corrected chi connectivity index (χ4v) is 1.82. The van der Waals surface area contributed by atoms with Crippen molar-refractivity contribution >= 4 is 11.8 Å². The van der Waals surface area contributed by atoms with Crippen molar-refractivity contribution in [3.05, 3.63) is 22.9 Å². The number of aryl methyl sites for hydroxylation is 2. The van der Waals surface area contributed by atoms with Crippen LogP contribution in [0.4, 0.5) is 5.82 Å². The number of carbonyl (C=O) groups is 1. The maximum Gasteiger partial charge on any atom is 0.339 e. The number of aromatic nitrogens is 1. The highest BCUT2D eigenvalue weighted by molar-refractivity contribution is 5.94. The summed E-state index contributed by atoms with van der Waals surface area (Å²) in [5, 5.41) is 12.2. The first-order valence-corrected chi connectivity index (χ1v) is 6.59. The Morgan fingerprint density at radius 1 is 1.42 bits per heavy atom. The first kappa shape index (κ1) is 15.4. The van der Waals surface area contributed by atoms with Crippen LogP contribution in [-0.2, 0) is 4.74 Å². The summed E-state index contributed by atoms with van der Waals surface area (Å²) in [6.07, 6.45) is 2.15. The molecule has 0 aliphatic carbocycles. The second-order valence-electron chi connectivity index (χ2n) is 4.50. The lowest BCUT2D eigenvalue weighted by Crippen LogP contribution is -2.15. The maximum atomic E-state index is 11.2.